The van der Waals surface area contributed by atoms with Gasteiger partial charge in [0, 0.05) is 37.3 Å². The first-order chi connectivity index (χ1) is 14.9. The number of nitrogens with zero attached hydrogens (tertiary/aromatic N) is 2. The van der Waals surface area contributed by atoms with Gasteiger partial charge in [-0.3, -0.25) is 14.6 Å². The van der Waals surface area contributed by atoms with Gasteiger partial charge in [0.15, 0.2) is 5.78 Å². The van der Waals surface area contributed by atoms with E-state index in [1.54, 1.807) is 37.5 Å². The van der Waals surface area contributed by atoms with Gasteiger partial charge in [0.25, 0.3) is 0 Å². The van der Waals surface area contributed by atoms with E-state index in [0.717, 1.165) is 23.2 Å². The van der Waals surface area contributed by atoms with Gasteiger partial charge in [-0.15, -0.1) is 0 Å². The number of ketones is 1. The van der Waals surface area contributed by atoms with Crippen molar-refractivity contribution in [3.63, 3.8) is 0 Å². The molecular formula is C26H27FN2O2. The van der Waals surface area contributed by atoms with Crippen molar-refractivity contribution in [2.24, 2.45) is 0 Å². The molecule has 4 nitrogen and oxygen atoms in total. The number of anilines is 1. The van der Waals surface area contributed by atoms with Gasteiger partial charge in [-0.1, -0.05) is 43.3 Å². The first-order valence-electron chi connectivity index (χ1n) is 10.5. The number of carbonyl (C=O) groups is 2. The highest BCUT2D eigenvalue weighted by Crippen LogP contribution is 2.27. The molecule has 0 fully saturated rings. The lowest BCUT2D eigenvalue weighted by Crippen LogP contribution is -2.26. The smallest absolute Gasteiger partial charge is 0.226 e. The van der Waals surface area contributed by atoms with Gasteiger partial charge < -0.3 is 4.90 Å². The summed E-state index contributed by atoms with van der Waals surface area (Å²) in [6, 6.07) is 15.9. The van der Waals surface area contributed by atoms with Crippen LogP contribution in [-0.4, -0.2) is 23.7 Å². The highest BCUT2D eigenvalue weighted by Gasteiger charge is 2.15. The molecule has 0 saturated carbocycles. The maximum atomic E-state index is 14.6. The molecule has 2 aromatic carbocycles. The van der Waals surface area contributed by atoms with Crippen LogP contribution in [0.25, 0.3) is 11.1 Å². The molecule has 0 N–H and O–H groups in total. The van der Waals surface area contributed by atoms with Gasteiger partial charge >= 0.3 is 0 Å². The molecule has 0 aliphatic rings. The third kappa shape index (κ3) is 5.43. The van der Waals surface area contributed by atoms with Gasteiger partial charge in [0.2, 0.25) is 5.91 Å². The Morgan fingerprint density at radius 3 is 2.35 bits per heavy atom. The number of hydrogen-bond acceptors (Lipinski definition) is 3. The summed E-state index contributed by atoms with van der Waals surface area (Å²) in [6.07, 6.45) is 3.91. The first-order valence-corrected chi connectivity index (χ1v) is 10.5. The Hall–Kier alpha value is -3.34. The second kappa shape index (κ2) is 10.1. The van der Waals surface area contributed by atoms with Crippen LogP contribution >= 0.6 is 0 Å². The zero-order valence-electron chi connectivity index (χ0n) is 18.2. The van der Waals surface area contributed by atoms with E-state index in [-0.39, 0.29) is 17.4 Å². The standard InChI is InChI=1S/C26H27FN2O2/c1-4-6-26(31)29(3)24-14-12-22(17-23(24)27)20-8-10-21(11-9-20)25(30)15-13-19-7-5-16-28-18(19)2/h5,7-12,14,16-17H,4,6,13,15H2,1-3H3. The Labute approximate surface area is 182 Å². The molecule has 3 rings (SSSR count). The molecule has 3 aromatic rings. The summed E-state index contributed by atoms with van der Waals surface area (Å²) >= 11 is 0. The molecule has 0 atom stereocenters. The molecule has 5 heteroatoms. The van der Waals surface area contributed by atoms with E-state index in [9.17, 15) is 14.0 Å². The van der Waals surface area contributed by atoms with Crippen LogP contribution in [0.5, 0.6) is 0 Å². The third-order valence-electron chi connectivity index (χ3n) is 5.42. The number of Topliss-reactive ketones (excluding diaryl/α,β-unsaturated/α-hetero) is 1. The van der Waals surface area contributed by atoms with E-state index in [0.29, 0.717) is 30.4 Å². The van der Waals surface area contributed by atoms with Gasteiger partial charge in [0.1, 0.15) is 5.82 Å². The highest BCUT2D eigenvalue weighted by atomic mass is 19.1. The van der Waals surface area contributed by atoms with E-state index < -0.39 is 5.82 Å². The Kier molecular flexibility index (Phi) is 7.29. The Bertz CT molecular complexity index is 1080. The number of benzene rings is 2. The molecule has 31 heavy (non-hydrogen) atoms. The number of aryl methyl sites for hydroxylation is 2. The minimum atomic E-state index is -0.448. The number of aromatic nitrogens is 1. The number of halogens is 1. The van der Waals surface area contributed by atoms with E-state index in [1.807, 2.05) is 38.1 Å². The minimum Gasteiger partial charge on any atom is -0.313 e. The zero-order valence-corrected chi connectivity index (χ0v) is 18.2. The van der Waals surface area contributed by atoms with E-state index >= 15 is 0 Å². The predicted octanol–water partition coefficient (Wildman–Crippen LogP) is 5.77. The Balaban J connectivity index is 1.69. The van der Waals surface area contributed by atoms with Crippen molar-refractivity contribution in [3.8, 4) is 11.1 Å². The largest absolute Gasteiger partial charge is 0.313 e. The van der Waals surface area contributed by atoms with Crippen LogP contribution in [0.2, 0.25) is 0 Å². The maximum absolute atomic E-state index is 14.6. The van der Waals surface area contributed by atoms with Crippen LogP contribution < -0.4 is 4.90 Å². The Morgan fingerprint density at radius 1 is 1.00 bits per heavy atom. The molecule has 0 radical (unpaired) electrons. The summed E-state index contributed by atoms with van der Waals surface area (Å²) in [5.74, 6) is -0.498. The third-order valence-corrected chi connectivity index (χ3v) is 5.42. The fraction of sp³-hybridized carbons (Fsp3) is 0.269. The minimum absolute atomic E-state index is 0.0624. The van der Waals surface area contributed by atoms with Crippen molar-refractivity contribution in [1.29, 1.82) is 0 Å². The van der Waals surface area contributed by atoms with Crippen molar-refractivity contribution in [1.82, 2.24) is 4.98 Å². The molecule has 1 heterocycles. The number of pyridine rings is 1. The molecule has 160 valence electrons. The van der Waals surface area contributed by atoms with Crippen LogP contribution in [0.1, 0.15) is 47.8 Å². The average molecular weight is 419 g/mol. The molecule has 1 amide bonds. The number of amides is 1. The number of hydrogen-bond donors (Lipinski definition) is 0. The lowest BCUT2D eigenvalue weighted by Gasteiger charge is -2.18. The molecule has 1 aromatic heterocycles. The number of rotatable bonds is 8. The Morgan fingerprint density at radius 2 is 1.71 bits per heavy atom. The maximum Gasteiger partial charge on any atom is 0.226 e. The van der Waals surface area contributed by atoms with Crippen molar-refractivity contribution in [2.45, 2.75) is 39.5 Å². The fourth-order valence-electron chi connectivity index (χ4n) is 3.50. The molecule has 0 aliphatic heterocycles. The summed E-state index contributed by atoms with van der Waals surface area (Å²) in [5.41, 5.74) is 4.42. The quantitative estimate of drug-likeness (QED) is 0.436. The molecule has 0 aliphatic carbocycles. The van der Waals surface area contributed by atoms with Crippen LogP contribution in [-0.2, 0) is 11.2 Å². The summed E-state index contributed by atoms with van der Waals surface area (Å²) in [4.78, 5) is 30.2. The predicted molar refractivity (Wildman–Crippen MR) is 122 cm³/mol. The molecule has 0 bridgehead atoms. The normalized spacial score (nSPS) is 10.7. The zero-order chi connectivity index (χ0) is 22.4. The SMILES string of the molecule is CCCC(=O)N(C)c1ccc(-c2ccc(C(=O)CCc3cccnc3C)cc2)cc1F. The van der Waals surface area contributed by atoms with Gasteiger partial charge in [-0.2, -0.15) is 0 Å². The van der Waals surface area contributed by atoms with E-state index in [4.69, 9.17) is 0 Å². The van der Waals surface area contributed by atoms with Crippen LogP contribution in [0.15, 0.2) is 60.8 Å². The second-order valence-corrected chi connectivity index (χ2v) is 7.62. The van der Waals surface area contributed by atoms with Gasteiger partial charge in [-0.25, -0.2) is 4.39 Å². The molecule has 0 spiro atoms. The summed E-state index contributed by atoms with van der Waals surface area (Å²) in [5, 5.41) is 0. The summed E-state index contributed by atoms with van der Waals surface area (Å²) in [7, 11) is 1.59. The molecule has 0 saturated heterocycles. The van der Waals surface area contributed by atoms with Crippen LogP contribution in [0.3, 0.4) is 0 Å². The van der Waals surface area contributed by atoms with Crippen molar-refractivity contribution in [2.75, 3.05) is 11.9 Å². The average Bonchev–Trinajstić information content (AvgIpc) is 2.78. The lowest BCUT2D eigenvalue weighted by molar-refractivity contribution is -0.118. The van der Waals surface area contributed by atoms with Crippen LogP contribution in [0.4, 0.5) is 10.1 Å². The lowest BCUT2D eigenvalue weighted by atomic mass is 9.99. The topological polar surface area (TPSA) is 50.3 Å². The van der Waals surface area contributed by atoms with Crippen molar-refractivity contribution < 1.29 is 14.0 Å². The van der Waals surface area contributed by atoms with Gasteiger partial charge in [0.05, 0.1) is 5.69 Å². The highest BCUT2D eigenvalue weighted by molar-refractivity contribution is 5.96. The monoisotopic (exact) mass is 418 g/mol. The summed E-state index contributed by atoms with van der Waals surface area (Å²) in [6.45, 7) is 3.86. The second-order valence-electron chi connectivity index (χ2n) is 7.62. The van der Waals surface area contributed by atoms with Crippen molar-refractivity contribution >= 4 is 17.4 Å². The van der Waals surface area contributed by atoms with E-state index in [1.165, 1.54) is 11.0 Å². The fourth-order valence-corrected chi connectivity index (χ4v) is 3.50. The molecule has 0 unspecified atom stereocenters. The van der Waals surface area contributed by atoms with Crippen molar-refractivity contribution in [3.05, 3.63) is 83.4 Å². The van der Waals surface area contributed by atoms with E-state index in [2.05, 4.69) is 4.98 Å². The first kappa shape index (κ1) is 22.3. The van der Waals surface area contributed by atoms with Crippen LogP contribution in [0, 0.1) is 12.7 Å². The van der Waals surface area contributed by atoms with Gasteiger partial charge in [-0.05, 0) is 54.7 Å². The summed E-state index contributed by atoms with van der Waals surface area (Å²) < 4.78 is 14.6. The number of carbonyl (C=O) groups excluding carboxylic acids is 2. The molecular weight excluding hydrogens is 391 g/mol.